The van der Waals surface area contributed by atoms with Gasteiger partial charge in [0.05, 0.1) is 22.3 Å². The number of carbonyl (C=O) groups excluding carboxylic acids is 1. The van der Waals surface area contributed by atoms with Gasteiger partial charge in [-0.3, -0.25) is 4.79 Å². The van der Waals surface area contributed by atoms with Crippen molar-refractivity contribution in [3.8, 4) is 0 Å². The van der Waals surface area contributed by atoms with Crippen LogP contribution < -0.4 is 5.32 Å². The first-order chi connectivity index (χ1) is 10.1. The number of thiazole rings is 1. The number of nitrogens with zero attached hydrogens (tertiary/aromatic N) is 1. The third kappa shape index (κ3) is 2.90. The van der Waals surface area contributed by atoms with Crippen LogP contribution in [0.25, 0.3) is 10.2 Å². The van der Waals surface area contributed by atoms with Crippen LogP contribution in [0.3, 0.4) is 0 Å². The number of halogens is 2. The third-order valence-electron chi connectivity index (χ3n) is 2.91. The second-order valence-electron chi connectivity index (χ2n) is 4.38. The first-order valence-electron chi connectivity index (χ1n) is 6.21. The zero-order valence-electron chi connectivity index (χ0n) is 10.8. The van der Waals surface area contributed by atoms with Crippen molar-refractivity contribution in [2.24, 2.45) is 0 Å². The first kappa shape index (κ1) is 13.6. The van der Waals surface area contributed by atoms with E-state index in [0.717, 1.165) is 28.4 Å². The summed E-state index contributed by atoms with van der Waals surface area (Å²) in [6.45, 7) is 0.175. The highest BCUT2D eigenvalue weighted by atomic mass is 32.1. The lowest BCUT2D eigenvalue weighted by Gasteiger charge is -2.04. The maximum atomic E-state index is 13.5. The summed E-state index contributed by atoms with van der Waals surface area (Å²) in [5.74, 6) is -2.06. The van der Waals surface area contributed by atoms with E-state index in [2.05, 4.69) is 10.3 Å². The normalized spacial score (nSPS) is 10.8. The Bertz CT molecular complexity index is 783. The van der Waals surface area contributed by atoms with Gasteiger partial charge in [-0.2, -0.15) is 0 Å². The molecule has 0 spiro atoms. The highest BCUT2D eigenvalue weighted by Crippen LogP contribution is 2.21. The van der Waals surface area contributed by atoms with Gasteiger partial charge in [-0.25, -0.2) is 13.8 Å². The topological polar surface area (TPSA) is 42.0 Å². The average molecular weight is 304 g/mol. The lowest BCUT2D eigenvalue weighted by molar-refractivity contribution is 0.0946. The van der Waals surface area contributed by atoms with Gasteiger partial charge < -0.3 is 5.32 Å². The highest BCUT2D eigenvalue weighted by molar-refractivity contribution is 7.18. The van der Waals surface area contributed by atoms with Gasteiger partial charge in [0, 0.05) is 0 Å². The van der Waals surface area contributed by atoms with Crippen molar-refractivity contribution in [1.29, 1.82) is 0 Å². The van der Waals surface area contributed by atoms with Crippen LogP contribution in [0.4, 0.5) is 8.78 Å². The van der Waals surface area contributed by atoms with E-state index in [-0.39, 0.29) is 12.1 Å². The molecule has 0 bridgehead atoms. The number of hydrogen-bond donors (Lipinski definition) is 1. The number of para-hydroxylation sites is 1. The molecule has 0 saturated heterocycles. The van der Waals surface area contributed by atoms with Crippen molar-refractivity contribution < 1.29 is 13.6 Å². The van der Waals surface area contributed by atoms with E-state index in [4.69, 9.17) is 0 Å². The van der Waals surface area contributed by atoms with E-state index < -0.39 is 17.5 Å². The largest absolute Gasteiger partial charge is 0.345 e. The van der Waals surface area contributed by atoms with Gasteiger partial charge in [0.25, 0.3) is 5.91 Å². The fraction of sp³-hybridized carbons (Fsp3) is 0.0667. The molecule has 0 aliphatic heterocycles. The summed E-state index contributed by atoms with van der Waals surface area (Å²) in [4.78, 5) is 16.2. The summed E-state index contributed by atoms with van der Waals surface area (Å²) in [6, 6.07) is 10.4. The van der Waals surface area contributed by atoms with Crippen molar-refractivity contribution in [2.45, 2.75) is 6.54 Å². The van der Waals surface area contributed by atoms with Crippen LogP contribution in [-0.2, 0) is 6.54 Å². The molecule has 0 atom stereocenters. The van der Waals surface area contributed by atoms with E-state index in [9.17, 15) is 13.6 Å². The van der Waals surface area contributed by atoms with Crippen LogP contribution in [0, 0.1) is 11.6 Å². The minimum absolute atomic E-state index is 0.175. The molecule has 2 aromatic carbocycles. The molecule has 21 heavy (non-hydrogen) atoms. The number of amides is 1. The molecule has 6 heteroatoms. The van der Waals surface area contributed by atoms with Gasteiger partial charge in [0.15, 0.2) is 0 Å². The fourth-order valence-electron chi connectivity index (χ4n) is 1.92. The number of fused-ring (bicyclic) bond motifs is 1. The molecule has 1 amide bonds. The summed E-state index contributed by atoms with van der Waals surface area (Å²) in [7, 11) is 0. The molecular weight excluding hydrogens is 294 g/mol. The molecule has 0 unspecified atom stereocenters. The van der Waals surface area contributed by atoms with Crippen molar-refractivity contribution in [3.63, 3.8) is 0 Å². The first-order valence-corrected chi connectivity index (χ1v) is 7.03. The van der Waals surface area contributed by atoms with E-state index >= 15 is 0 Å². The van der Waals surface area contributed by atoms with Crippen LogP contribution in [0.2, 0.25) is 0 Å². The van der Waals surface area contributed by atoms with Crippen LogP contribution in [0.1, 0.15) is 15.4 Å². The monoisotopic (exact) mass is 304 g/mol. The number of hydrogen-bond acceptors (Lipinski definition) is 3. The molecule has 0 aliphatic carbocycles. The molecule has 0 radical (unpaired) electrons. The van der Waals surface area contributed by atoms with Crippen molar-refractivity contribution in [2.75, 3.05) is 0 Å². The molecule has 0 fully saturated rings. The van der Waals surface area contributed by atoms with Gasteiger partial charge in [-0.05, 0) is 30.3 Å². The maximum Gasteiger partial charge on any atom is 0.254 e. The molecule has 106 valence electrons. The molecule has 3 rings (SSSR count). The van der Waals surface area contributed by atoms with Crippen molar-refractivity contribution in [1.82, 2.24) is 10.3 Å². The minimum atomic E-state index is -0.752. The molecule has 3 nitrogen and oxygen atoms in total. The van der Waals surface area contributed by atoms with Gasteiger partial charge in [-0.1, -0.05) is 12.1 Å². The summed E-state index contributed by atoms with van der Waals surface area (Å²) in [5.41, 5.74) is 0.541. The maximum absolute atomic E-state index is 13.5. The summed E-state index contributed by atoms with van der Waals surface area (Å²) in [5, 5.41) is 3.26. The molecule has 1 aromatic heterocycles. The number of rotatable bonds is 3. The highest BCUT2D eigenvalue weighted by Gasteiger charge is 2.13. The van der Waals surface area contributed by atoms with E-state index in [1.165, 1.54) is 11.3 Å². The number of carbonyl (C=O) groups is 1. The molecule has 1 N–H and O–H groups in total. The molecule has 3 aromatic rings. The van der Waals surface area contributed by atoms with Gasteiger partial charge in [0.2, 0.25) is 0 Å². The van der Waals surface area contributed by atoms with Crippen molar-refractivity contribution in [3.05, 3.63) is 64.7 Å². The average Bonchev–Trinajstić information content (AvgIpc) is 2.90. The molecular formula is C15H10F2N2OS. The minimum Gasteiger partial charge on any atom is -0.345 e. The summed E-state index contributed by atoms with van der Waals surface area (Å²) < 4.78 is 27.5. The van der Waals surface area contributed by atoms with Gasteiger partial charge >= 0.3 is 0 Å². The van der Waals surface area contributed by atoms with Crippen LogP contribution in [-0.4, -0.2) is 10.9 Å². The Morgan fingerprint density at radius 2 is 2.00 bits per heavy atom. The van der Waals surface area contributed by atoms with E-state index in [1.807, 2.05) is 24.3 Å². The predicted molar refractivity (Wildman–Crippen MR) is 77.1 cm³/mol. The summed E-state index contributed by atoms with van der Waals surface area (Å²) >= 11 is 1.45. The van der Waals surface area contributed by atoms with Crippen molar-refractivity contribution >= 4 is 27.5 Å². The Labute approximate surface area is 123 Å². The van der Waals surface area contributed by atoms with Gasteiger partial charge in [0.1, 0.15) is 16.6 Å². The van der Waals surface area contributed by atoms with E-state index in [1.54, 1.807) is 0 Å². The zero-order valence-corrected chi connectivity index (χ0v) is 11.6. The second-order valence-corrected chi connectivity index (χ2v) is 5.50. The number of nitrogens with one attached hydrogen (secondary N) is 1. The Morgan fingerprint density at radius 3 is 2.81 bits per heavy atom. The SMILES string of the molecule is O=C(NCc1nc2ccccc2s1)c1cc(F)ccc1F. The lowest BCUT2D eigenvalue weighted by atomic mass is 10.2. The molecule has 0 saturated carbocycles. The zero-order chi connectivity index (χ0) is 14.8. The number of aromatic nitrogens is 1. The number of benzene rings is 2. The summed E-state index contributed by atoms with van der Waals surface area (Å²) in [6.07, 6.45) is 0. The Hall–Kier alpha value is -2.34. The Kier molecular flexibility index (Phi) is 3.62. The van der Waals surface area contributed by atoms with Crippen LogP contribution in [0.15, 0.2) is 42.5 Å². The second kappa shape index (κ2) is 5.57. The quantitative estimate of drug-likeness (QED) is 0.804. The molecule has 0 aliphatic rings. The lowest BCUT2D eigenvalue weighted by Crippen LogP contribution is -2.23. The predicted octanol–water partition coefficient (Wildman–Crippen LogP) is 3.50. The Balaban J connectivity index is 1.74. The molecule has 1 heterocycles. The fourth-order valence-corrected chi connectivity index (χ4v) is 2.83. The third-order valence-corrected chi connectivity index (χ3v) is 3.95. The standard InChI is InChI=1S/C15H10F2N2OS/c16-9-5-6-11(17)10(7-9)15(20)18-8-14-19-12-3-1-2-4-13(12)21-14/h1-7H,8H2,(H,18,20). The van der Waals surface area contributed by atoms with Crippen LogP contribution >= 0.6 is 11.3 Å². The van der Waals surface area contributed by atoms with Gasteiger partial charge in [-0.15, -0.1) is 11.3 Å². The smallest absolute Gasteiger partial charge is 0.254 e. The van der Waals surface area contributed by atoms with Crippen LogP contribution in [0.5, 0.6) is 0 Å². The van der Waals surface area contributed by atoms with E-state index in [0.29, 0.717) is 5.01 Å². The Morgan fingerprint density at radius 1 is 1.19 bits per heavy atom.